The van der Waals surface area contributed by atoms with Crippen molar-refractivity contribution in [1.82, 2.24) is 10.0 Å². The predicted octanol–water partition coefficient (Wildman–Crippen LogP) is 3.58. The highest BCUT2D eigenvalue weighted by atomic mass is 32.2. The molecule has 158 valence electrons. The van der Waals surface area contributed by atoms with Crippen molar-refractivity contribution in [2.75, 3.05) is 7.11 Å². The summed E-state index contributed by atoms with van der Waals surface area (Å²) in [5, 5.41) is 2.98. The van der Waals surface area contributed by atoms with Gasteiger partial charge in [-0.15, -0.1) is 0 Å². The van der Waals surface area contributed by atoms with E-state index in [1.54, 1.807) is 52.1 Å². The van der Waals surface area contributed by atoms with E-state index in [0.717, 1.165) is 16.9 Å². The summed E-state index contributed by atoms with van der Waals surface area (Å²) in [5.41, 5.74) is 1.28. The van der Waals surface area contributed by atoms with Gasteiger partial charge in [0.2, 0.25) is 15.9 Å². The van der Waals surface area contributed by atoms with E-state index in [-0.39, 0.29) is 16.8 Å². The van der Waals surface area contributed by atoms with Crippen LogP contribution in [0.2, 0.25) is 0 Å². The molecule has 0 saturated carbocycles. The molecule has 0 fully saturated rings. The highest BCUT2D eigenvalue weighted by molar-refractivity contribution is 7.89. The molecular formula is C22H30N2O4S. The topological polar surface area (TPSA) is 84.5 Å². The molecule has 0 aliphatic rings. The second-order valence-electron chi connectivity index (χ2n) is 8.03. The number of rotatable bonds is 8. The Kier molecular flexibility index (Phi) is 7.43. The number of benzene rings is 2. The summed E-state index contributed by atoms with van der Waals surface area (Å²) in [6.45, 7) is 7.30. The zero-order valence-electron chi connectivity index (χ0n) is 17.7. The van der Waals surface area contributed by atoms with Crippen LogP contribution in [-0.4, -0.2) is 27.0 Å². The third kappa shape index (κ3) is 6.87. The minimum absolute atomic E-state index is 0.0745. The molecule has 2 aromatic rings. The third-order valence-corrected chi connectivity index (χ3v) is 6.07. The highest BCUT2D eigenvalue weighted by Gasteiger charge is 2.21. The zero-order chi connectivity index (χ0) is 21.7. The van der Waals surface area contributed by atoms with Crippen LogP contribution in [0.4, 0.5) is 0 Å². The van der Waals surface area contributed by atoms with E-state index >= 15 is 0 Å². The number of hydrogen-bond donors (Lipinski definition) is 2. The van der Waals surface area contributed by atoms with Gasteiger partial charge in [0.1, 0.15) is 5.75 Å². The Morgan fingerprint density at radius 2 is 1.69 bits per heavy atom. The number of nitrogens with one attached hydrogen (secondary N) is 2. The summed E-state index contributed by atoms with van der Waals surface area (Å²) >= 11 is 0. The summed E-state index contributed by atoms with van der Waals surface area (Å²) in [6, 6.07) is 14.0. The van der Waals surface area contributed by atoms with E-state index < -0.39 is 15.6 Å². The largest absolute Gasteiger partial charge is 0.496 e. The monoisotopic (exact) mass is 418 g/mol. The fraction of sp³-hybridized carbons (Fsp3) is 0.409. The lowest BCUT2D eigenvalue weighted by Gasteiger charge is -2.20. The Labute approximate surface area is 173 Å². The molecule has 0 aliphatic heterocycles. The maximum absolute atomic E-state index is 12.3. The minimum atomic E-state index is -3.56. The van der Waals surface area contributed by atoms with Crippen molar-refractivity contribution in [3.05, 3.63) is 59.7 Å². The van der Waals surface area contributed by atoms with Gasteiger partial charge in [-0.25, -0.2) is 13.1 Å². The lowest BCUT2D eigenvalue weighted by Crippen LogP contribution is -2.40. The molecule has 0 saturated heterocycles. The smallest absolute Gasteiger partial charge is 0.241 e. The minimum Gasteiger partial charge on any atom is -0.496 e. The molecule has 2 rings (SSSR count). The van der Waals surface area contributed by atoms with Crippen LogP contribution in [0.5, 0.6) is 5.75 Å². The molecule has 0 aromatic heterocycles. The number of methoxy groups -OCH3 is 1. The van der Waals surface area contributed by atoms with Gasteiger partial charge in [-0.05, 0) is 57.9 Å². The lowest BCUT2D eigenvalue weighted by atomic mass is 10.1. The zero-order valence-corrected chi connectivity index (χ0v) is 18.5. The normalized spacial score (nSPS) is 13.0. The second-order valence-corrected chi connectivity index (χ2v) is 9.71. The van der Waals surface area contributed by atoms with Gasteiger partial charge in [0.05, 0.1) is 18.0 Å². The van der Waals surface area contributed by atoms with Crippen LogP contribution in [0.1, 0.15) is 51.3 Å². The molecule has 1 unspecified atom stereocenters. The molecule has 0 aliphatic carbocycles. The Morgan fingerprint density at radius 1 is 1.07 bits per heavy atom. The van der Waals surface area contributed by atoms with Crippen LogP contribution in [0.3, 0.4) is 0 Å². The van der Waals surface area contributed by atoms with Gasteiger partial charge in [0, 0.05) is 17.5 Å². The molecule has 1 atom stereocenters. The molecule has 0 spiro atoms. The van der Waals surface area contributed by atoms with Gasteiger partial charge in [0.15, 0.2) is 0 Å². The lowest BCUT2D eigenvalue weighted by molar-refractivity contribution is -0.121. The molecule has 0 radical (unpaired) electrons. The van der Waals surface area contributed by atoms with Crippen LogP contribution in [0.15, 0.2) is 53.4 Å². The van der Waals surface area contributed by atoms with E-state index in [2.05, 4.69) is 10.0 Å². The third-order valence-electron chi connectivity index (χ3n) is 4.30. The van der Waals surface area contributed by atoms with Crippen molar-refractivity contribution in [1.29, 1.82) is 0 Å². The van der Waals surface area contributed by atoms with Crippen LogP contribution >= 0.6 is 0 Å². The van der Waals surface area contributed by atoms with Crippen molar-refractivity contribution < 1.29 is 17.9 Å². The SMILES string of the molecule is COc1ccccc1C(C)NC(=O)CCc1ccc(S(=O)(=O)NC(C)(C)C)cc1. The van der Waals surface area contributed by atoms with Gasteiger partial charge < -0.3 is 10.1 Å². The first-order valence-electron chi connectivity index (χ1n) is 9.57. The molecule has 2 N–H and O–H groups in total. The Balaban J connectivity index is 1.94. The first-order chi connectivity index (χ1) is 13.5. The number of ether oxygens (including phenoxy) is 1. The van der Waals surface area contributed by atoms with Crippen molar-refractivity contribution in [2.24, 2.45) is 0 Å². The number of carbonyl (C=O) groups excluding carboxylic acids is 1. The molecule has 1 amide bonds. The Morgan fingerprint density at radius 3 is 2.28 bits per heavy atom. The Bertz CT molecular complexity index is 932. The number of carbonyl (C=O) groups is 1. The average molecular weight is 419 g/mol. The predicted molar refractivity (Wildman–Crippen MR) is 114 cm³/mol. The van der Waals surface area contributed by atoms with Crippen LogP contribution in [-0.2, 0) is 21.2 Å². The molecule has 0 bridgehead atoms. The van der Waals surface area contributed by atoms with Gasteiger partial charge in [-0.1, -0.05) is 30.3 Å². The fourth-order valence-electron chi connectivity index (χ4n) is 2.97. The van der Waals surface area contributed by atoms with E-state index in [1.807, 2.05) is 31.2 Å². The van der Waals surface area contributed by atoms with E-state index in [9.17, 15) is 13.2 Å². The van der Waals surface area contributed by atoms with Crippen LogP contribution in [0, 0.1) is 0 Å². The molecule has 0 heterocycles. The summed E-state index contributed by atoms with van der Waals surface area (Å²) in [6.07, 6.45) is 0.837. The number of aryl methyl sites for hydroxylation is 1. The standard InChI is InChI=1S/C22H30N2O4S/c1-16(19-8-6-7-9-20(19)28-5)23-21(25)15-12-17-10-13-18(14-11-17)29(26,27)24-22(2,3)4/h6-11,13-14,16,24H,12,15H2,1-5H3,(H,23,25). The average Bonchev–Trinajstić information content (AvgIpc) is 2.64. The van der Waals surface area contributed by atoms with Gasteiger partial charge in [-0.2, -0.15) is 0 Å². The van der Waals surface area contributed by atoms with Crippen molar-refractivity contribution in [3.63, 3.8) is 0 Å². The number of para-hydroxylation sites is 1. The van der Waals surface area contributed by atoms with Crippen LogP contribution in [0.25, 0.3) is 0 Å². The van der Waals surface area contributed by atoms with Crippen molar-refractivity contribution in [3.8, 4) is 5.75 Å². The first-order valence-corrected chi connectivity index (χ1v) is 11.1. The number of sulfonamides is 1. The summed E-state index contributed by atoms with van der Waals surface area (Å²) in [5.74, 6) is 0.662. The van der Waals surface area contributed by atoms with Gasteiger partial charge in [0.25, 0.3) is 0 Å². The maximum atomic E-state index is 12.3. The van der Waals surface area contributed by atoms with E-state index in [0.29, 0.717) is 12.8 Å². The fourth-order valence-corrected chi connectivity index (χ4v) is 4.39. The maximum Gasteiger partial charge on any atom is 0.241 e. The molecular weight excluding hydrogens is 388 g/mol. The van der Waals surface area contributed by atoms with Crippen molar-refractivity contribution >= 4 is 15.9 Å². The Hall–Kier alpha value is -2.38. The molecule has 2 aromatic carbocycles. The summed E-state index contributed by atoms with van der Waals surface area (Å²) < 4.78 is 32.7. The first kappa shape index (κ1) is 22.9. The number of amides is 1. The van der Waals surface area contributed by atoms with E-state index in [1.165, 1.54) is 0 Å². The van der Waals surface area contributed by atoms with Gasteiger partial charge in [-0.3, -0.25) is 4.79 Å². The summed E-state index contributed by atoms with van der Waals surface area (Å²) in [4.78, 5) is 12.5. The van der Waals surface area contributed by atoms with E-state index in [4.69, 9.17) is 4.74 Å². The summed E-state index contributed by atoms with van der Waals surface area (Å²) in [7, 11) is -1.95. The molecule has 29 heavy (non-hydrogen) atoms. The number of hydrogen-bond acceptors (Lipinski definition) is 4. The molecule has 7 heteroatoms. The van der Waals surface area contributed by atoms with Crippen molar-refractivity contribution in [2.45, 2.75) is 57.0 Å². The van der Waals surface area contributed by atoms with Crippen LogP contribution < -0.4 is 14.8 Å². The van der Waals surface area contributed by atoms with Gasteiger partial charge >= 0.3 is 0 Å². The quantitative estimate of drug-likeness (QED) is 0.686. The molecule has 6 nitrogen and oxygen atoms in total. The second kappa shape index (κ2) is 9.41. The highest BCUT2D eigenvalue weighted by Crippen LogP contribution is 2.24.